The Morgan fingerprint density at radius 1 is 1.21 bits per heavy atom. The smallest absolute Gasteiger partial charge is 0.190 e. The van der Waals surface area contributed by atoms with E-state index in [4.69, 9.17) is 0 Å². The molecule has 2 atom stereocenters. The summed E-state index contributed by atoms with van der Waals surface area (Å²) >= 11 is 1.87. The zero-order valence-corrected chi connectivity index (χ0v) is 18.6. The van der Waals surface area contributed by atoms with Crippen LogP contribution < -0.4 is 10.6 Å². The fraction of sp³-hybridized carbons (Fsp3) is 0.773. The van der Waals surface area contributed by atoms with Gasteiger partial charge in [-0.15, -0.1) is 11.3 Å². The van der Waals surface area contributed by atoms with Crippen LogP contribution in [-0.4, -0.2) is 68.1 Å². The topological polar surface area (TPSA) is 42.9 Å². The van der Waals surface area contributed by atoms with E-state index in [0.29, 0.717) is 5.92 Å². The van der Waals surface area contributed by atoms with Crippen LogP contribution in [0, 0.1) is 5.92 Å². The number of aliphatic imine (C=N–C) groups is 1. The van der Waals surface area contributed by atoms with Crippen molar-refractivity contribution in [1.82, 2.24) is 20.4 Å². The summed E-state index contributed by atoms with van der Waals surface area (Å²) in [5.74, 6) is 1.67. The summed E-state index contributed by atoms with van der Waals surface area (Å²) in [6, 6.07) is 5.17. The Bertz CT molecular complexity index is 573. The summed E-state index contributed by atoms with van der Waals surface area (Å²) in [5.41, 5.74) is 0. The standard InChI is InChI=1S/C22H39N5S/c1-19-8-3-4-13-27(19)14-7-11-24-22(23-2)25-16-20-9-5-12-26(17-20)18-21-10-6-15-28-21/h6,10,15,19-20H,3-5,7-9,11-14,16-18H2,1-2H3,(H2,23,24,25). The normalized spacial score (nSPS) is 25.0. The Morgan fingerprint density at radius 2 is 2.14 bits per heavy atom. The van der Waals surface area contributed by atoms with E-state index in [1.807, 2.05) is 18.4 Å². The molecule has 3 rings (SSSR count). The highest BCUT2D eigenvalue weighted by atomic mass is 32.1. The minimum Gasteiger partial charge on any atom is -0.356 e. The van der Waals surface area contributed by atoms with E-state index in [0.717, 1.165) is 31.6 Å². The molecule has 0 amide bonds. The van der Waals surface area contributed by atoms with Gasteiger partial charge in [0.05, 0.1) is 0 Å². The van der Waals surface area contributed by atoms with Gasteiger partial charge in [-0.3, -0.25) is 9.89 Å². The van der Waals surface area contributed by atoms with Crippen LogP contribution in [0.25, 0.3) is 0 Å². The maximum absolute atomic E-state index is 4.42. The summed E-state index contributed by atoms with van der Waals surface area (Å²) in [4.78, 5) is 11.2. The second kappa shape index (κ2) is 11.8. The van der Waals surface area contributed by atoms with Gasteiger partial charge in [-0.1, -0.05) is 12.5 Å². The Morgan fingerprint density at radius 3 is 2.93 bits per heavy atom. The minimum absolute atomic E-state index is 0.710. The van der Waals surface area contributed by atoms with Crippen molar-refractivity contribution in [2.45, 2.75) is 58.0 Å². The highest BCUT2D eigenvalue weighted by Crippen LogP contribution is 2.20. The Balaban J connectivity index is 1.31. The number of hydrogen-bond donors (Lipinski definition) is 2. The molecule has 28 heavy (non-hydrogen) atoms. The summed E-state index contributed by atoms with van der Waals surface area (Å²) < 4.78 is 0. The molecule has 0 aromatic carbocycles. The molecule has 1 aromatic rings. The summed E-state index contributed by atoms with van der Waals surface area (Å²) in [5, 5.41) is 9.26. The molecule has 0 saturated carbocycles. The summed E-state index contributed by atoms with van der Waals surface area (Å²) in [7, 11) is 1.88. The average Bonchev–Trinajstić information content (AvgIpc) is 3.22. The second-order valence-corrected chi connectivity index (χ2v) is 9.47. The van der Waals surface area contributed by atoms with E-state index in [1.54, 1.807) is 0 Å². The molecule has 2 aliphatic rings. The first-order valence-electron chi connectivity index (χ1n) is 11.2. The number of thiophene rings is 1. The van der Waals surface area contributed by atoms with Gasteiger partial charge in [0.25, 0.3) is 0 Å². The van der Waals surface area contributed by atoms with E-state index in [1.165, 1.54) is 69.6 Å². The second-order valence-electron chi connectivity index (χ2n) is 8.44. The maximum atomic E-state index is 4.42. The predicted octanol–water partition coefficient (Wildman–Crippen LogP) is 3.39. The number of piperidine rings is 2. The number of nitrogens with one attached hydrogen (secondary N) is 2. The zero-order valence-electron chi connectivity index (χ0n) is 17.8. The third-order valence-corrected chi connectivity index (χ3v) is 7.06. The number of likely N-dealkylation sites (tertiary alicyclic amines) is 2. The molecule has 2 unspecified atom stereocenters. The van der Waals surface area contributed by atoms with Crippen molar-refractivity contribution in [3.8, 4) is 0 Å². The molecule has 0 spiro atoms. The molecule has 0 bridgehead atoms. The number of rotatable bonds is 8. The van der Waals surface area contributed by atoms with Gasteiger partial charge in [0.15, 0.2) is 5.96 Å². The molecule has 2 aliphatic heterocycles. The van der Waals surface area contributed by atoms with Gasteiger partial charge in [-0.25, -0.2) is 0 Å². The van der Waals surface area contributed by atoms with E-state index in [-0.39, 0.29) is 0 Å². The van der Waals surface area contributed by atoms with E-state index in [2.05, 4.69) is 49.9 Å². The Hall–Kier alpha value is -1.11. The van der Waals surface area contributed by atoms with Gasteiger partial charge in [0.1, 0.15) is 0 Å². The molecule has 1 aromatic heterocycles. The van der Waals surface area contributed by atoms with Crippen LogP contribution in [0.1, 0.15) is 50.3 Å². The van der Waals surface area contributed by atoms with Crippen LogP contribution in [0.4, 0.5) is 0 Å². The van der Waals surface area contributed by atoms with E-state index < -0.39 is 0 Å². The van der Waals surface area contributed by atoms with Crippen molar-refractivity contribution in [1.29, 1.82) is 0 Å². The fourth-order valence-corrected chi connectivity index (χ4v) is 5.27. The minimum atomic E-state index is 0.710. The Kier molecular flexibility index (Phi) is 9.09. The molecule has 0 aliphatic carbocycles. The van der Waals surface area contributed by atoms with Gasteiger partial charge < -0.3 is 15.5 Å². The van der Waals surface area contributed by atoms with E-state index >= 15 is 0 Å². The highest BCUT2D eigenvalue weighted by Gasteiger charge is 2.20. The van der Waals surface area contributed by atoms with Gasteiger partial charge in [0, 0.05) is 50.7 Å². The molecule has 2 fully saturated rings. The molecule has 3 heterocycles. The molecule has 158 valence electrons. The van der Waals surface area contributed by atoms with Crippen LogP contribution in [0.5, 0.6) is 0 Å². The molecular formula is C22H39N5S. The lowest BCUT2D eigenvalue weighted by atomic mass is 9.98. The van der Waals surface area contributed by atoms with Gasteiger partial charge in [-0.2, -0.15) is 0 Å². The third-order valence-electron chi connectivity index (χ3n) is 6.20. The highest BCUT2D eigenvalue weighted by molar-refractivity contribution is 7.09. The molecule has 6 heteroatoms. The Labute approximate surface area is 175 Å². The van der Waals surface area contributed by atoms with Crippen molar-refractivity contribution >= 4 is 17.3 Å². The van der Waals surface area contributed by atoms with Crippen LogP contribution in [-0.2, 0) is 6.54 Å². The largest absolute Gasteiger partial charge is 0.356 e. The molecule has 2 N–H and O–H groups in total. The number of guanidine groups is 1. The van der Waals surface area contributed by atoms with Crippen LogP contribution in [0.2, 0.25) is 0 Å². The third kappa shape index (κ3) is 7.05. The maximum Gasteiger partial charge on any atom is 0.190 e. The lowest BCUT2D eigenvalue weighted by Crippen LogP contribution is -2.45. The van der Waals surface area contributed by atoms with Crippen molar-refractivity contribution < 1.29 is 0 Å². The number of hydrogen-bond acceptors (Lipinski definition) is 4. The van der Waals surface area contributed by atoms with Crippen LogP contribution >= 0.6 is 11.3 Å². The lowest BCUT2D eigenvalue weighted by Gasteiger charge is -2.33. The van der Waals surface area contributed by atoms with Crippen molar-refractivity contribution in [3.05, 3.63) is 22.4 Å². The SMILES string of the molecule is CN=C(NCCCN1CCCCC1C)NCC1CCCN(Cc2cccs2)C1. The molecule has 2 saturated heterocycles. The summed E-state index contributed by atoms with van der Waals surface area (Å²) in [6.07, 6.45) is 7.93. The van der Waals surface area contributed by atoms with Crippen LogP contribution in [0.3, 0.4) is 0 Å². The van der Waals surface area contributed by atoms with Crippen molar-refractivity contribution in [2.75, 3.05) is 46.3 Å². The predicted molar refractivity (Wildman–Crippen MR) is 121 cm³/mol. The van der Waals surface area contributed by atoms with Crippen molar-refractivity contribution in [3.63, 3.8) is 0 Å². The monoisotopic (exact) mass is 405 g/mol. The quantitative estimate of drug-likeness (QED) is 0.395. The van der Waals surface area contributed by atoms with Crippen molar-refractivity contribution in [2.24, 2.45) is 10.9 Å². The first kappa shape index (κ1) is 21.6. The number of nitrogens with zero attached hydrogens (tertiary/aromatic N) is 3. The summed E-state index contributed by atoms with van der Waals surface area (Å²) in [6.45, 7) is 10.4. The molecular weight excluding hydrogens is 366 g/mol. The first-order chi connectivity index (χ1) is 13.7. The average molecular weight is 406 g/mol. The first-order valence-corrected chi connectivity index (χ1v) is 12.1. The van der Waals surface area contributed by atoms with Gasteiger partial charge >= 0.3 is 0 Å². The van der Waals surface area contributed by atoms with Gasteiger partial charge in [-0.05, 0) is 69.5 Å². The van der Waals surface area contributed by atoms with Crippen LogP contribution in [0.15, 0.2) is 22.5 Å². The lowest BCUT2D eigenvalue weighted by molar-refractivity contribution is 0.159. The van der Waals surface area contributed by atoms with E-state index in [9.17, 15) is 0 Å². The molecule has 0 radical (unpaired) electrons. The molecule has 5 nitrogen and oxygen atoms in total. The fourth-order valence-electron chi connectivity index (χ4n) is 4.52. The van der Waals surface area contributed by atoms with Gasteiger partial charge in [0.2, 0.25) is 0 Å². The zero-order chi connectivity index (χ0) is 19.6.